The summed E-state index contributed by atoms with van der Waals surface area (Å²) < 4.78 is 14.0. The molecule has 0 saturated carbocycles. The summed E-state index contributed by atoms with van der Waals surface area (Å²) in [6.07, 6.45) is 0.671. The van der Waals surface area contributed by atoms with Crippen LogP contribution in [0.25, 0.3) is 0 Å². The van der Waals surface area contributed by atoms with Crippen LogP contribution in [0.2, 0.25) is 0 Å². The van der Waals surface area contributed by atoms with Crippen molar-refractivity contribution in [2.45, 2.75) is 19.8 Å². The van der Waals surface area contributed by atoms with Gasteiger partial charge in [0.2, 0.25) is 0 Å². The molecule has 0 saturated heterocycles. The summed E-state index contributed by atoms with van der Waals surface area (Å²) in [4.78, 5) is 10.6. The summed E-state index contributed by atoms with van der Waals surface area (Å²) in [5.74, 6) is -1.42. The number of halogens is 1. The second kappa shape index (κ2) is 6.19. The predicted octanol–water partition coefficient (Wildman–Crippen LogP) is 3.76. The average molecular weight is 273 g/mol. The fraction of sp³-hybridized carbons (Fsp3) is 0.188. The van der Waals surface area contributed by atoms with Gasteiger partial charge < -0.3 is 10.4 Å². The molecular formula is C16H16FNO2. The lowest BCUT2D eigenvalue weighted by Gasteiger charge is -2.12. The SMILES string of the molecule is CCc1ccccc1Nc1ccc(CC(=O)O)cc1F. The van der Waals surface area contributed by atoms with Crippen LogP contribution >= 0.6 is 0 Å². The van der Waals surface area contributed by atoms with Crippen molar-refractivity contribution in [3.05, 3.63) is 59.4 Å². The number of para-hydroxylation sites is 1. The van der Waals surface area contributed by atoms with Gasteiger partial charge in [0.05, 0.1) is 12.1 Å². The molecule has 0 aliphatic rings. The number of aliphatic carboxylic acids is 1. The summed E-state index contributed by atoms with van der Waals surface area (Å²) in [6.45, 7) is 2.03. The fourth-order valence-electron chi connectivity index (χ4n) is 2.04. The lowest BCUT2D eigenvalue weighted by atomic mass is 10.1. The number of anilines is 2. The topological polar surface area (TPSA) is 49.3 Å². The highest BCUT2D eigenvalue weighted by molar-refractivity contribution is 5.71. The molecule has 2 aromatic rings. The Labute approximate surface area is 117 Å². The molecule has 0 aliphatic heterocycles. The quantitative estimate of drug-likeness (QED) is 0.872. The van der Waals surface area contributed by atoms with Crippen molar-refractivity contribution in [1.82, 2.24) is 0 Å². The van der Waals surface area contributed by atoms with E-state index in [0.717, 1.165) is 17.7 Å². The van der Waals surface area contributed by atoms with Crippen LogP contribution in [-0.4, -0.2) is 11.1 Å². The van der Waals surface area contributed by atoms with Gasteiger partial charge in [0.1, 0.15) is 5.82 Å². The molecule has 0 amide bonds. The lowest BCUT2D eigenvalue weighted by molar-refractivity contribution is -0.136. The van der Waals surface area contributed by atoms with Crippen LogP contribution in [0, 0.1) is 5.82 Å². The zero-order valence-corrected chi connectivity index (χ0v) is 11.2. The Morgan fingerprint density at radius 2 is 1.95 bits per heavy atom. The molecule has 4 heteroatoms. The molecule has 0 fully saturated rings. The molecule has 0 radical (unpaired) electrons. The molecule has 0 heterocycles. The molecule has 0 unspecified atom stereocenters. The zero-order chi connectivity index (χ0) is 14.5. The number of hydrogen-bond donors (Lipinski definition) is 2. The summed E-state index contributed by atoms with van der Waals surface area (Å²) >= 11 is 0. The van der Waals surface area contributed by atoms with Crippen molar-refractivity contribution in [2.24, 2.45) is 0 Å². The maximum absolute atomic E-state index is 14.0. The number of carboxylic acids is 1. The Balaban J connectivity index is 2.23. The molecule has 2 rings (SSSR count). The third kappa shape index (κ3) is 3.35. The van der Waals surface area contributed by atoms with Gasteiger partial charge in [-0.2, -0.15) is 0 Å². The van der Waals surface area contributed by atoms with Crippen LogP contribution in [0.5, 0.6) is 0 Å². The van der Waals surface area contributed by atoms with Gasteiger partial charge >= 0.3 is 5.97 Å². The van der Waals surface area contributed by atoms with Crippen LogP contribution in [0.4, 0.5) is 15.8 Å². The largest absolute Gasteiger partial charge is 0.481 e. The van der Waals surface area contributed by atoms with Gasteiger partial charge in [0, 0.05) is 5.69 Å². The first-order chi connectivity index (χ1) is 9.60. The molecule has 0 bridgehead atoms. The van der Waals surface area contributed by atoms with Gasteiger partial charge in [-0.1, -0.05) is 31.2 Å². The van der Waals surface area contributed by atoms with E-state index in [2.05, 4.69) is 5.32 Å². The molecule has 2 N–H and O–H groups in total. The molecule has 0 aromatic heterocycles. The Morgan fingerprint density at radius 1 is 1.20 bits per heavy atom. The molecule has 0 atom stereocenters. The highest BCUT2D eigenvalue weighted by Gasteiger charge is 2.08. The van der Waals surface area contributed by atoms with E-state index in [1.807, 2.05) is 31.2 Å². The predicted molar refractivity (Wildman–Crippen MR) is 76.8 cm³/mol. The Bertz CT molecular complexity index is 626. The minimum Gasteiger partial charge on any atom is -0.481 e. The van der Waals surface area contributed by atoms with Crippen LogP contribution in [0.3, 0.4) is 0 Å². The van der Waals surface area contributed by atoms with Crippen molar-refractivity contribution in [2.75, 3.05) is 5.32 Å². The molecule has 3 nitrogen and oxygen atoms in total. The number of benzene rings is 2. The normalized spacial score (nSPS) is 10.3. The molecule has 20 heavy (non-hydrogen) atoms. The maximum atomic E-state index is 14.0. The van der Waals surface area contributed by atoms with Crippen molar-refractivity contribution < 1.29 is 14.3 Å². The second-order valence-electron chi connectivity index (χ2n) is 4.52. The van der Waals surface area contributed by atoms with E-state index >= 15 is 0 Å². The smallest absolute Gasteiger partial charge is 0.307 e. The standard InChI is InChI=1S/C16H16FNO2/c1-2-12-5-3-4-6-14(12)18-15-8-7-11(9-13(15)17)10-16(19)20/h3-9,18H,2,10H2,1H3,(H,19,20). The molecule has 0 spiro atoms. The summed E-state index contributed by atoms with van der Waals surface area (Å²) in [5.41, 5.74) is 2.76. The van der Waals surface area contributed by atoms with Gasteiger partial charge in [-0.25, -0.2) is 4.39 Å². The van der Waals surface area contributed by atoms with Crippen molar-refractivity contribution in [1.29, 1.82) is 0 Å². The number of aryl methyl sites for hydroxylation is 1. The molecule has 104 valence electrons. The average Bonchev–Trinajstić information content (AvgIpc) is 2.42. The molecular weight excluding hydrogens is 257 g/mol. The van der Waals surface area contributed by atoms with Crippen LogP contribution in [0.15, 0.2) is 42.5 Å². The summed E-state index contributed by atoms with van der Waals surface area (Å²) in [5, 5.41) is 11.7. The monoisotopic (exact) mass is 273 g/mol. The van der Waals surface area contributed by atoms with E-state index < -0.39 is 11.8 Å². The first-order valence-electron chi connectivity index (χ1n) is 6.45. The maximum Gasteiger partial charge on any atom is 0.307 e. The van der Waals surface area contributed by atoms with Gasteiger partial charge in [-0.15, -0.1) is 0 Å². The first kappa shape index (κ1) is 14.1. The van der Waals surface area contributed by atoms with Gasteiger partial charge in [0.25, 0.3) is 0 Å². The van der Waals surface area contributed by atoms with Gasteiger partial charge in [-0.05, 0) is 35.7 Å². The summed E-state index contributed by atoms with van der Waals surface area (Å²) in [7, 11) is 0. The highest BCUT2D eigenvalue weighted by atomic mass is 19.1. The number of carbonyl (C=O) groups is 1. The fourth-order valence-corrected chi connectivity index (χ4v) is 2.04. The minimum absolute atomic E-state index is 0.178. The number of carboxylic acid groups (broad SMARTS) is 1. The van der Waals surface area contributed by atoms with E-state index in [-0.39, 0.29) is 6.42 Å². The van der Waals surface area contributed by atoms with E-state index in [9.17, 15) is 9.18 Å². The van der Waals surface area contributed by atoms with Gasteiger partial charge in [0.15, 0.2) is 0 Å². The van der Waals surface area contributed by atoms with Crippen molar-refractivity contribution in [3.8, 4) is 0 Å². The first-order valence-corrected chi connectivity index (χ1v) is 6.45. The van der Waals surface area contributed by atoms with Gasteiger partial charge in [-0.3, -0.25) is 4.79 Å². The highest BCUT2D eigenvalue weighted by Crippen LogP contribution is 2.24. The number of nitrogens with one attached hydrogen (secondary N) is 1. The van der Waals surface area contributed by atoms with Crippen molar-refractivity contribution >= 4 is 17.3 Å². The minimum atomic E-state index is -0.971. The molecule has 0 aliphatic carbocycles. The Kier molecular flexibility index (Phi) is 4.35. The Hall–Kier alpha value is -2.36. The van der Waals surface area contributed by atoms with Crippen molar-refractivity contribution in [3.63, 3.8) is 0 Å². The van der Waals surface area contributed by atoms with Crippen LogP contribution in [0.1, 0.15) is 18.1 Å². The van der Waals surface area contributed by atoms with E-state index in [1.165, 1.54) is 6.07 Å². The Morgan fingerprint density at radius 3 is 2.60 bits per heavy atom. The number of hydrogen-bond acceptors (Lipinski definition) is 2. The third-order valence-electron chi connectivity index (χ3n) is 3.06. The second-order valence-corrected chi connectivity index (χ2v) is 4.52. The molecule has 2 aromatic carbocycles. The van der Waals surface area contributed by atoms with E-state index in [0.29, 0.717) is 11.3 Å². The third-order valence-corrected chi connectivity index (χ3v) is 3.06. The van der Waals surface area contributed by atoms with Crippen LogP contribution < -0.4 is 5.32 Å². The zero-order valence-electron chi connectivity index (χ0n) is 11.2. The summed E-state index contributed by atoms with van der Waals surface area (Å²) in [6, 6.07) is 12.1. The van der Waals surface area contributed by atoms with Crippen LogP contribution in [-0.2, 0) is 17.6 Å². The van der Waals surface area contributed by atoms with E-state index in [1.54, 1.807) is 12.1 Å². The lowest BCUT2D eigenvalue weighted by Crippen LogP contribution is -2.02. The van der Waals surface area contributed by atoms with E-state index in [4.69, 9.17) is 5.11 Å². The number of rotatable bonds is 5.